The third-order valence-corrected chi connectivity index (χ3v) is 10.7. The van der Waals surface area contributed by atoms with Crippen LogP contribution in [0.15, 0.2) is 126 Å². The molecule has 1 aliphatic carbocycles. The van der Waals surface area contributed by atoms with E-state index in [-0.39, 0.29) is 5.75 Å². The van der Waals surface area contributed by atoms with Crippen LogP contribution in [0.25, 0.3) is 44.1 Å². The molecule has 1 aromatic heterocycles. The van der Waals surface area contributed by atoms with Crippen LogP contribution >= 0.6 is 0 Å². The highest BCUT2D eigenvalue weighted by atomic mass is 19.3. The average Bonchev–Trinajstić information content (AvgIpc) is 3.64. The molecular formula is C47H45F2N2O+. The van der Waals surface area contributed by atoms with E-state index in [1.807, 2.05) is 12.1 Å². The molecule has 0 spiro atoms. The van der Waals surface area contributed by atoms with E-state index >= 15 is 0 Å². The Kier molecular flexibility index (Phi) is 9.60. The number of aromatic nitrogens is 1. The van der Waals surface area contributed by atoms with Crippen molar-refractivity contribution in [3.05, 3.63) is 143 Å². The van der Waals surface area contributed by atoms with Gasteiger partial charge in [-0.05, 0) is 89.1 Å². The van der Waals surface area contributed by atoms with E-state index in [1.54, 1.807) is 12.1 Å². The van der Waals surface area contributed by atoms with E-state index in [1.165, 1.54) is 71.5 Å². The zero-order valence-corrected chi connectivity index (χ0v) is 30.0. The molecular weight excluding hydrogens is 647 g/mol. The second-order valence-corrected chi connectivity index (χ2v) is 14.0. The quantitative estimate of drug-likeness (QED) is 0.117. The van der Waals surface area contributed by atoms with Crippen molar-refractivity contribution in [3.63, 3.8) is 0 Å². The van der Waals surface area contributed by atoms with Gasteiger partial charge in [-0.3, -0.25) is 0 Å². The Bertz CT molecular complexity index is 2450. The predicted octanol–water partition coefficient (Wildman–Crippen LogP) is 11.9. The van der Waals surface area contributed by atoms with Gasteiger partial charge in [0, 0.05) is 46.7 Å². The van der Waals surface area contributed by atoms with Gasteiger partial charge < -0.3 is 9.30 Å². The van der Waals surface area contributed by atoms with Crippen LogP contribution in [-0.2, 0) is 6.54 Å². The molecule has 5 heteroatoms. The summed E-state index contributed by atoms with van der Waals surface area (Å²) in [7, 11) is 0. The topological polar surface area (TPSA) is 17.2 Å². The van der Waals surface area contributed by atoms with Gasteiger partial charge in [-0.1, -0.05) is 106 Å². The monoisotopic (exact) mass is 691 g/mol. The number of alkyl halides is 2. The Morgan fingerprint density at radius 3 is 2.27 bits per heavy atom. The number of aryl methyl sites for hydroxylation is 1. The second-order valence-electron chi connectivity index (χ2n) is 14.0. The van der Waals surface area contributed by atoms with Crippen molar-refractivity contribution in [1.29, 1.82) is 0 Å². The Balaban J connectivity index is 1.29. The molecule has 2 aliphatic rings. The summed E-state index contributed by atoms with van der Waals surface area (Å²) >= 11 is 0. The molecule has 0 amide bonds. The molecule has 5 aromatic carbocycles. The van der Waals surface area contributed by atoms with E-state index in [0.29, 0.717) is 0 Å². The first-order chi connectivity index (χ1) is 25.6. The van der Waals surface area contributed by atoms with Crippen molar-refractivity contribution in [1.82, 2.24) is 4.57 Å². The lowest BCUT2D eigenvalue weighted by Gasteiger charge is -2.22. The molecule has 0 atom stereocenters. The number of hydrogen-bond donors (Lipinski definition) is 0. The summed E-state index contributed by atoms with van der Waals surface area (Å²) in [6.45, 7) is 3.55. The Morgan fingerprint density at radius 1 is 0.769 bits per heavy atom. The van der Waals surface area contributed by atoms with E-state index in [4.69, 9.17) is 4.74 Å². The molecule has 0 radical (unpaired) electrons. The molecule has 0 unspecified atom stereocenters. The van der Waals surface area contributed by atoms with Gasteiger partial charge in [-0.25, -0.2) is 0 Å². The minimum absolute atomic E-state index is 0.169. The summed E-state index contributed by atoms with van der Waals surface area (Å²) in [5, 5.41) is 7.67. The molecule has 0 saturated carbocycles. The number of hydrogen-bond acceptors (Lipinski definition) is 1. The van der Waals surface area contributed by atoms with Crippen LogP contribution in [0.3, 0.4) is 0 Å². The largest absolute Gasteiger partial charge is 0.435 e. The number of benzene rings is 5. The second kappa shape index (κ2) is 14.7. The Hall–Kier alpha value is -5.29. The molecule has 0 bridgehead atoms. The molecule has 6 aromatic rings. The Morgan fingerprint density at radius 2 is 1.50 bits per heavy atom. The molecule has 52 heavy (non-hydrogen) atoms. The lowest BCUT2D eigenvalue weighted by atomic mass is 9.82. The highest BCUT2D eigenvalue weighted by Gasteiger charge is 2.30. The van der Waals surface area contributed by atoms with Crippen molar-refractivity contribution in [2.75, 3.05) is 6.54 Å². The summed E-state index contributed by atoms with van der Waals surface area (Å²) in [6.07, 6.45) is 16.6. The molecule has 2 heterocycles. The summed E-state index contributed by atoms with van der Waals surface area (Å²) in [5.41, 5.74) is 9.75. The molecule has 262 valence electrons. The molecule has 0 N–H and O–H groups in total. The van der Waals surface area contributed by atoms with Gasteiger partial charge >= 0.3 is 6.61 Å². The lowest BCUT2D eigenvalue weighted by Crippen LogP contribution is -2.16. The Labute approximate surface area is 304 Å². The number of rotatable bonds is 12. The lowest BCUT2D eigenvalue weighted by molar-refractivity contribution is -0.436. The highest BCUT2D eigenvalue weighted by molar-refractivity contribution is 6.19. The first-order valence-corrected chi connectivity index (χ1v) is 18.9. The number of unbranched alkanes of at least 4 members (excludes halogenated alkanes) is 2. The van der Waals surface area contributed by atoms with Crippen LogP contribution in [0.5, 0.6) is 5.75 Å². The van der Waals surface area contributed by atoms with E-state index in [0.717, 1.165) is 63.6 Å². The van der Waals surface area contributed by atoms with Crippen molar-refractivity contribution < 1.29 is 18.1 Å². The van der Waals surface area contributed by atoms with Crippen molar-refractivity contribution >= 4 is 55.5 Å². The van der Waals surface area contributed by atoms with E-state index in [9.17, 15) is 8.78 Å². The number of nitrogens with zero attached hydrogens (tertiary/aromatic N) is 2. The fourth-order valence-electron chi connectivity index (χ4n) is 8.33. The third-order valence-electron chi connectivity index (χ3n) is 10.7. The fraction of sp³-hybridized carbons (Fsp3) is 0.255. The van der Waals surface area contributed by atoms with Crippen LogP contribution in [0, 0.1) is 0 Å². The van der Waals surface area contributed by atoms with Gasteiger partial charge in [-0.15, -0.1) is 0 Å². The molecule has 0 saturated heterocycles. The first kappa shape index (κ1) is 33.8. The van der Waals surface area contributed by atoms with Crippen molar-refractivity contribution in [2.24, 2.45) is 0 Å². The fourth-order valence-corrected chi connectivity index (χ4v) is 8.33. The number of ether oxygens (including phenoxy) is 1. The minimum Gasteiger partial charge on any atom is -0.435 e. The summed E-state index contributed by atoms with van der Waals surface area (Å²) in [5.74, 6) is 0.169. The van der Waals surface area contributed by atoms with Crippen molar-refractivity contribution in [2.45, 2.75) is 71.9 Å². The molecule has 3 nitrogen and oxygen atoms in total. The number of allylic oxidation sites excluding steroid dienone is 6. The van der Waals surface area contributed by atoms with Crippen molar-refractivity contribution in [3.8, 4) is 5.75 Å². The van der Waals surface area contributed by atoms with Gasteiger partial charge in [0.05, 0.1) is 10.9 Å². The van der Waals surface area contributed by atoms with Gasteiger partial charge in [0.15, 0.2) is 0 Å². The zero-order chi connectivity index (χ0) is 35.6. The summed E-state index contributed by atoms with van der Waals surface area (Å²) in [4.78, 5) is 0. The van der Waals surface area contributed by atoms with Crippen LogP contribution in [0.4, 0.5) is 14.5 Å². The van der Waals surface area contributed by atoms with Crippen LogP contribution < -0.4 is 10.1 Å². The summed E-state index contributed by atoms with van der Waals surface area (Å²) in [6, 6.07) is 33.6. The maximum absolute atomic E-state index is 13.1. The van der Waals surface area contributed by atoms with E-state index in [2.05, 4.69) is 120 Å². The minimum atomic E-state index is -2.86. The first-order valence-electron chi connectivity index (χ1n) is 18.9. The molecule has 1 aliphatic heterocycles. The predicted molar refractivity (Wildman–Crippen MR) is 213 cm³/mol. The SMILES string of the molecule is CCCCn1c(=C/C=C2\CCCC(/C=C/C3=[N+](CCCC)c4cccc5cccc3c45)=C2c2ccc(OC(F)F)cc2)c2cccc3cccc1c32. The average molecular weight is 692 g/mol. The number of halogens is 2. The van der Waals surface area contributed by atoms with Gasteiger partial charge in [0.25, 0.3) is 0 Å². The van der Waals surface area contributed by atoms with E-state index < -0.39 is 6.61 Å². The highest BCUT2D eigenvalue weighted by Crippen LogP contribution is 2.40. The molecule has 0 fully saturated rings. The zero-order valence-electron chi connectivity index (χ0n) is 30.0. The maximum Gasteiger partial charge on any atom is 0.387 e. The van der Waals surface area contributed by atoms with Crippen LogP contribution in [0.2, 0.25) is 0 Å². The molecule has 8 rings (SSSR count). The summed E-state index contributed by atoms with van der Waals surface area (Å²) < 4.78 is 35.9. The third kappa shape index (κ3) is 6.27. The van der Waals surface area contributed by atoms with Gasteiger partial charge in [0.2, 0.25) is 11.4 Å². The van der Waals surface area contributed by atoms with Gasteiger partial charge in [-0.2, -0.15) is 13.4 Å². The van der Waals surface area contributed by atoms with Crippen LogP contribution in [0.1, 0.15) is 69.9 Å². The van der Waals surface area contributed by atoms with Crippen LogP contribution in [-0.4, -0.2) is 28.0 Å². The standard InChI is InChI=1S/C47H45F2N2O/c1-3-5-30-50-40(38-18-8-14-32-16-10-20-42(50)45(32)38)28-24-34-12-7-13-35(44(34)36-22-26-37(27-23-36)52-47(48)49)25-29-41-39-19-9-15-33-17-11-21-43(46(33)39)51(41)31-6-4-2/h8-11,14-29,47H,3-7,12-13,30-31H2,1-2H3/q+1. The van der Waals surface area contributed by atoms with Gasteiger partial charge in [0.1, 0.15) is 12.3 Å². The normalized spacial score (nSPS) is 16.0. The maximum atomic E-state index is 13.1. The smallest absolute Gasteiger partial charge is 0.387 e.